The predicted molar refractivity (Wildman–Crippen MR) is 222 cm³/mol. The molecule has 0 aliphatic carbocycles. The molecule has 6 rings (SSSR count). The van der Waals surface area contributed by atoms with E-state index < -0.39 is 0 Å². The number of aryl methyl sites for hydroxylation is 2. The van der Waals surface area contributed by atoms with Crippen LogP contribution in [-0.2, 0) is 0 Å². The molecule has 6 aromatic rings. The first-order valence-corrected chi connectivity index (χ1v) is 18.2. The molecule has 0 aromatic heterocycles. The second-order valence-electron chi connectivity index (χ2n) is 12.1. The first kappa shape index (κ1) is 40.7. The number of ketones is 2. The number of benzene rings is 6. The molecular formula is C48H54N2O2. The molecule has 0 radical (unpaired) electrons. The summed E-state index contributed by atoms with van der Waals surface area (Å²) in [6, 6.07) is 54.9. The lowest BCUT2D eigenvalue weighted by Crippen LogP contribution is -2.21. The molecule has 0 saturated carbocycles. The van der Waals surface area contributed by atoms with Gasteiger partial charge in [-0.15, -0.1) is 0 Å². The molecule has 6 aromatic carbocycles. The van der Waals surface area contributed by atoms with Crippen LogP contribution in [0.3, 0.4) is 0 Å². The first-order chi connectivity index (χ1) is 25.3. The van der Waals surface area contributed by atoms with E-state index in [-0.39, 0.29) is 11.6 Å². The lowest BCUT2D eigenvalue weighted by atomic mass is 10.0. The Morgan fingerprint density at radius 1 is 0.346 bits per heavy atom. The van der Waals surface area contributed by atoms with Crippen molar-refractivity contribution in [3.63, 3.8) is 0 Å². The van der Waals surface area contributed by atoms with Crippen molar-refractivity contribution in [1.29, 1.82) is 0 Å². The summed E-state index contributed by atoms with van der Waals surface area (Å²) in [6.45, 7) is 17.1. The van der Waals surface area contributed by atoms with E-state index in [0.717, 1.165) is 48.4 Å². The fourth-order valence-electron chi connectivity index (χ4n) is 5.38. The summed E-state index contributed by atoms with van der Waals surface area (Å²) in [7, 11) is 0. The summed E-state index contributed by atoms with van der Waals surface area (Å²) >= 11 is 0. The molecule has 52 heavy (non-hydrogen) atoms. The van der Waals surface area contributed by atoms with Crippen LogP contribution in [0.5, 0.6) is 0 Å². The van der Waals surface area contributed by atoms with E-state index in [2.05, 4.69) is 86.0 Å². The average Bonchev–Trinajstić information content (AvgIpc) is 3.21. The Morgan fingerprint density at radius 2 is 0.577 bits per heavy atom. The number of carbonyl (C=O) groups is 2. The number of rotatable bonds is 10. The Hall–Kier alpha value is -5.74. The van der Waals surface area contributed by atoms with Crippen LogP contribution in [0.1, 0.15) is 70.7 Å². The zero-order valence-corrected chi connectivity index (χ0v) is 31.7. The van der Waals surface area contributed by atoms with Crippen molar-refractivity contribution < 1.29 is 9.59 Å². The van der Waals surface area contributed by atoms with Gasteiger partial charge in [0.25, 0.3) is 0 Å². The molecule has 0 spiro atoms. The minimum absolute atomic E-state index is 0.0793. The Balaban J connectivity index is 0.000000189. The number of para-hydroxylation sites is 2. The molecule has 0 unspecified atom stereocenters. The smallest absolute Gasteiger partial charge is 0.193 e. The van der Waals surface area contributed by atoms with Gasteiger partial charge in [-0.05, 0) is 65.8 Å². The SMILES string of the molecule is CCN(CC)c1ccccc1.CCN(CC)c1ccccc1.Cc1ccc(C(=O)c2ccccc2)cc1.Cc1ccc(C(=O)c2ccccc2)cc1. The molecule has 0 saturated heterocycles. The van der Waals surface area contributed by atoms with Gasteiger partial charge >= 0.3 is 0 Å². The van der Waals surface area contributed by atoms with E-state index in [1.807, 2.05) is 135 Å². The Labute approximate surface area is 312 Å². The van der Waals surface area contributed by atoms with Crippen LogP contribution in [0.25, 0.3) is 0 Å². The molecular weight excluding hydrogens is 637 g/mol. The van der Waals surface area contributed by atoms with Crippen LogP contribution in [0.15, 0.2) is 170 Å². The summed E-state index contributed by atoms with van der Waals surface area (Å²) in [5, 5.41) is 0. The molecule has 0 fully saturated rings. The maximum absolute atomic E-state index is 12.0. The van der Waals surface area contributed by atoms with Crippen LogP contribution < -0.4 is 9.80 Å². The molecule has 4 heteroatoms. The molecule has 0 atom stereocenters. The summed E-state index contributed by atoms with van der Waals surface area (Å²) < 4.78 is 0. The molecule has 0 aliphatic rings. The molecule has 268 valence electrons. The molecule has 0 amide bonds. The van der Waals surface area contributed by atoms with Crippen molar-refractivity contribution >= 4 is 22.9 Å². The van der Waals surface area contributed by atoms with Crippen molar-refractivity contribution in [1.82, 2.24) is 0 Å². The highest BCUT2D eigenvalue weighted by Crippen LogP contribution is 2.14. The van der Waals surface area contributed by atoms with Crippen molar-refractivity contribution in [2.75, 3.05) is 36.0 Å². The van der Waals surface area contributed by atoms with Crippen molar-refractivity contribution in [2.24, 2.45) is 0 Å². The van der Waals surface area contributed by atoms with Gasteiger partial charge in [-0.2, -0.15) is 0 Å². The van der Waals surface area contributed by atoms with Crippen LogP contribution >= 0.6 is 0 Å². The van der Waals surface area contributed by atoms with Crippen molar-refractivity contribution in [2.45, 2.75) is 41.5 Å². The molecule has 4 nitrogen and oxygen atoms in total. The number of carbonyl (C=O) groups excluding carboxylic acids is 2. The maximum Gasteiger partial charge on any atom is 0.193 e. The van der Waals surface area contributed by atoms with Crippen LogP contribution in [0.4, 0.5) is 11.4 Å². The fraction of sp³-hybridized carbons (Fsp3) is 0.208. The minimum atomic E-state index is 0.0793. The third-order valence-corrected chi connectivity index (χ3v) is 8.47. The topological polar surface area (TPSA) is 40.6 Å². The second kappa shape index (κ2) is 22.9. The van der Waals surface area contributed by atoms with Crippen LogP contribution in [0.2, 0.25) is 0 Å². The highest BCUT2D eigenvalue weighted by Gasteiger charge is 2.08. The van der Waals surface area contributed by atoms with E-state index >= 15 is 0 Å². The zero-order valence-electron chi connectivity index (χ0n) is 31.7. The predicted octanol–water partition coefficient (Wildman–Crippen LogP) is 11.5. The van der Waals surface area contributed by atoms with Gasteiger partial charge in [0.1, 0.15) is 0 Å². The van der Waals surface area contributed by atoms with Gasteiger partial charge in [-0.3, -0.25) is 9.59 Å². The van der Waals surface area contributed by atoms with Crippen LogP contribution in [-0.4, -0.2) is 37.7 Å². The molecule has 0 aliphatic heterocycles. The van der Waals surface area contributed by atoms with E-state index in [0.29, 0.717) is 0 Å². The first-order valence-electron chi connectivity index (χ1n) is 18.2. The Kier molecular flexibility index (Phi) is 17.9. The Bertz CT molecular complexity index is 1690. The standard InChI is InChI=1S/2C14H12O.2C10H15N/c2*1-11-7-9-13(10-8-11)14(15)12-5-3-2-4-6-12;2*1-3-11(4-2)10-8-6-5-7-9-10/h2*2-10H,1H3;2*5-9H,3-4H2,1-2H3. The minimum Gasteiger partial charge on any atom is -0.372 e. The monoisotopic (exact) mass is 690 g/mol. The molecule has 0 bridgehead atoms. The van der Waals surface area contributed by atoms with E-state index in [4.69, 9.17) is 0 Å². The molecule has 0 N–H and O–H groups in total. The van der Waals surface area contributed by atoms with Gasteiger partial charge < -0.3 is 9.80 Å². The zero-order chi connectivity index (χ0) is 37.6. The average molecular weight is 691 g/mol. The van der Waals surface area contributed by atoms with E-state index in [1.54, 1.807) is 0 Å². The fourth-order valence-corrected chi connectivity index (χ4v) is 5.38. The Morgan fingerprint density at radius 3 is 0.827 bits per heavy atom. The van der Waals surface area contributed by atoms with Gasteiger partial charge in [0, 0.05) is 59.8 Å². The summed E-state index contributed by atoms with van der Waals surface area (Å²) in [5.41, 5.74) is 7.93. The van der Waals surface area contributed by atoms with E-state index in [1.165, 1.54) is 22.5 Å². The molecule has 0 heterocycles. The highest BCUT2D eigenvalue weighted by atomic mass is 16.1. The van der Waals surface area contributed by atoms with Crippen molar-refractivity contribution in [3.8, 4) is 0 Å². The van der Waals surface area contributed by atoms with Crippen molar-refractivity contribution in [3.05, 3.63) is 203 Å². The van der Waals surface area contributed by atoms with Gasteiger partial charge in [-0.1, -0.05) is 157 Å². The van der Waals surface area contributed by atoms with Crippen LogP contribution in [0, 0.1) is 13.8 Å². The summed E-state index contributed by atoms with van der Waals surface area (Å²) in [5.74, 6) is 0.159. The number of anilines is 2. The maximum atomic E-state index is 12.0. The number of hydrogen-bond acceptors (Lipinski definition) is 4. The van der Waals surface area contributed by atoms with E-state index in [9.17, 15) is 9.59 Å². The second-order valence-corrected chi connectivity index (χ2v) is 12.1. The summed E-state index contributed by atoms with van der Waals surface area (Å²) in [4.78, 5) is 28.6. The lowest BCUT2D eigenvalue weighted by molar-refractivity contribution is 0.103. The third-order valence-electron chi connectivity index (χ3n) is 8.47. The highest BCUT2D eigenvalue weighted by molar-refractivity contribution is 6.09. The van der Waals surface area contributed by atoms with Gasteiger partial charge in [0.15, 0.2) is 11.6 Å². The number of nitrogens with zero attached hydrogens (tertiary/aromatic N) is 2. The third kappa shape index (κ3) is 13.5. The van der Waals surface area contributed by atoms with Gasteiger partial charge in [0.2, 0.25) is 0 Å². The largest absolute Gasteiger partial charge is 0.372 e. The van der Waals surface area contributed by atoms with Gasteiger partial charge in [0.05, 0.1) is 0 Å². The normalized spacial score (nSPS) is 9.81. The summed E-state index contributed by atoms with van der Waals surface area (Å²) in [6.07, 6.45) is 0. The number of hydrogen-bond donors (Lipinski definition) is 0. The van der Waals surface area contributed by atoms with Gasteiger partial charge in [-0.25, -0.2) is 0 Å². The quantitative estimate of drug-likeness (QED) is 0.134. The lowest BCUT2D eigenvalue weighted by Gasteiger charge is -2.20.